The van der Waals surface area contributed by atoms with Gasteiger partial charge in [0.1, 0.15) is 6.04 Å². The molecular formula is C13H18ClN3O2S. The van der Waals surface area contributed by atoms with Crippen molar-refractivity contribution < 1.29 is 9.59 Å². The SMILES string of the molecule is CSCC[C@H](NC(N)=O)C(=O)Nc1cc(Cl)ccc1C. The third kappa shape index (κ3) is 5.30. The van der Waals surface area contributed by atoms with Crippen LogP contribution in [0.25, 0.3) is 0 Å². The Hall–Kier alpha value is -1.40. The molecule has 0 saturated carbocycles. The number of nitrogens with one attached hydrogen (secondary N) is 2. The van der Waals surface area contributed by atoms with Crippen LogP contribution in [0.4, 0.5) is 10.5 Å². The molecule has 1 atom stereocenters. The Morgan fingerprint density at radius 3 is 2.75 bits per heavy atom. The molecule has 0 heterocycles. The Kier molecular flexibility index (Phi) is 6.67. The number of aryl methyl sites for hydroxylation is 1. The minimum Gasteiger partial charge on any atom is -0.352 e. The number of carbonyl (C=O) groups excluding carboxylic acids is 2. The molecule has 0 fully saturated rings. The molecule has 0 radical (unpaired) electrons. The molecule has 0 unspecified atom stereocenters. The van der Waals surface area contributed by atoms with Gasteiger partial charge in [0.05, 0.1) is 0 Å². The van der Waals surface area contributed by atoms with Crippen molar-refractivity contribution in [2.75, 3.05) is 17.3 Å². The van der Waals surface area contributed by atoms with Crippen molar-refractivity contribution in [1.82, 2.24) is 5.32 Å². The number of amides is 3. The average Bonchev–Trinajstić information content (AvgIpc) is 2.38. The first-order chi connectivity index (χ1) is 9.43. The minimum absolute atomic E-state index is 0.303. The van der Waals surface area contributed by atoms with Gasteiger partial charge in [-0.25, -0.2) is 4.79 Å². The van der Waals surface area contributed by atoms with Crippen molar-refractivity contribution in [3.8, 4) is 0 Å². The van der Waals surface area contributed by atoms with Gasteiger partial charge >= 0.3 is 6.03 Å². The highest BCUT2D eigenvalue weighted by Crippen LogP contribution is 2.20. The molecule has 0 aliphatic rings. The number of anilines is 1. The van der Waals surface area contributed by atoms with E-state index in [4.69, 9.17) is 17.3 Å². The maximum absolute atomic E-state index is 12.2. The molecule has 5 nitrogen and oxygen atoms in total. The molecule has 1 aromatic carbocycles. The Labute approximate surface area is 127 Å². The highest BCUT2D eigenvalue weighted by molar-refractivity contribution is 7.98. The first kappa shape index (κ1) is 16.7. The summed E-state index contributed by atoms with van der Waals surface area (Å²) in [6.07, 6.45) is 2.44. The highest BCUT2D eigenvalue weighted by atomic mass is 35.5. The number of primary amides is 1. The second kappa shape index (κ2) is 8.01. The molecule has 0 aliphatic heterocycles. The van der Waals surface area contributed by atoms with E-state index in [9.17, 15) is 9.59 Å². The molecule has 0 spiro atoms. The number of benzene rings is 1. The smallest absolute Gasteiger partial charge is 0.312 e. The summed E-state index contributed by atoms with van der Waals surface area (Å²) in [6.45, 7) is 1.87. The molecule has 1 aromatic rings. The second-order valence-electron chi connectivity index (χ2n) is 4.29. The summed E-state index contributed by atoms with van der Waals surface area (Å²) in [5.41, 5.74) is 6.61. The van der Waals surface area contributed by atoms with Crippen LogP contribution in [0, 0.1) is 6.92 Å². The van der Waals surface area contributed by atoms with Crippen LogP contribution < -0.4 is 16.4 Å². The number of nitrogens with two attached hydrogens (primary N) is 1. The van der Waals surface area contributed by atoms with Gasteiger partial charge in [-0.1, -0.05) is 17.7 Å². The van der Waals surface area contributed by atoms with E-state index in [2.05, 4.69) is 10.6 Å². The van der Waals surface area contributed by atoms with Crippen molar-refractivity contribution in [2.45, 2.75) is 19.4 Å². The summed E-state index contributed by atoms with van der Waals surface area (Å²) in [7, 11) is 0. The number of thioether (sulfide) groups is 1. The summed E-state index contributed by atoms with van der Waals surface area (Å²) in [5, 5.41) is 5.75. The van der Waals surface area contributed by atoms with E-state index in [1.807, 2.05) is 19.2 Å². The topological polar surface area (TPSA) is 84.2 Å². The lowest BCUT2D eigenvalue weighted by molar-refractivity contribution is -0.117. The molecule has 0 aromatic heterocycles. The van der Waals surface area contributed by atoms with Gasteiger partial charge in [-0.2, -0.15) is 11.8 Å². The Morgan fingerprint density at radius 1 is 1.45 bits per heavy atom. The zero-order valence-corrected chi connectivity index (χ0v) is 13.0. The lowest BCUT2D eigenvalue weighted by Gasteiger charge is -2.17. The molecule has 110 valence electrons. The third-order valence-electron chi connectivity index (χ3n) is 2.70. The predicted molar refractivity (Wildman–Crippen MR) is 84.3 cm³/mol. The van der Waals surface area contributed by atoms with Crippen LogP contribution in [0.15, 0.2) is 18.2 Å². The monoisotopic (exact) mass is 315 g/mol. The lowest BCUT2D eigenvalue weighted by Crippen LogP contribution is -2.46. The van der Waals surface area contributed by atoms with E-state index < -0.39 is 12.1 Å². The van der Waals surface area contributed by atoms with Gasteiger partial charge in [0.2, 0.25) is 5.91 Å². The predicted octanol–water partition coefficient (Wildman–Crippen LogP) is 2.38. The summed E-state index contributed by atoms with van der Waals surface area (Å²) in [4.78, 5) is 23.1. The van der Waals surface area contributed by atoms with Crippen molar-refractivity contribution >= 4 is 41.0 Å². The van der Waals surface area contributed by atoms with E-state index in [1.54, 1.807) is 23.9 Å². The van der Waals surface area contributed by atoms with E-state index in [-0.39, 0.29) is 5.91 Å². The normalized spacial score (nSPS) is 11.8. The van der Waals surface area contributed by atoms with Gasteiger partial charge in [-0.15, -0.1) is 0 Å². The fourth-order valence-corrected chi connectivity index (χ4v) is 2.27. The summed E-state index contributed by atoms with van der Waals surface area (Å²) in [6, 6.07) is 3.87. The number of carbonyl (C=O) groups is 2. The zero-order chi connectivity index (χ0) is 15.1. The standard InChI is InChI=1S/C13H18ClN3O2S/c1-8-3-4-9(14)7-11(8)16-12(18)10(5-6-20-2)17-13(15)19/h3-4,7,10H,5-6H2,1-2H3,(H,16,18)(H3,15,17,19)/t10-/m0/s1. The zero-order valence-electron chi connectivity index (χ0n) is 11.4. The fraction of sp³-hybridized carbons (Fsp3) is 0.385. The Balaban J connectivity index is 2.78. The average molecular weight is 316 g/mol. The second-order valence-corrected chi connectivity index (χ2v) is 5.71. The maximum atomic E-state index is 12.2. The highest BCUT2D eigenvalue weighted by Gasteiger charge is 2.20. The molecular weight excluding hydrogens is 298 g/mol. The van der Waals surface area contributed by atoms with Crippen LogP contribution >= 0.6 is 23.4 Å². The van der Waals surface area contributed by atoms with E-state index in [0.717, 1.165) is 11.3 Å². The summed E-state index contributed by atoms with van der Waals surface area (Å²) >= 11 is 7.50. The molecule has 7 heteroatoms. The molecule has 3 amide bonds. The van der Waals surface area contributed by atoms with Gasteiger partial charge in [-0.05, 0) is 43.0 Å². The van der Waals surface area contributed by atoms with Crippen molar-refractivity contribution in [3.05, 3.63) is 28.8 Å². The lowest BCUT2D eigenvalue weighted by atomic mass is 10.1. The van der Waals surface area contributed by atoms with Gasteiger partial charge in [0.15, 0.2) is 0 Å². The van der Waals surface area contributed by atoms with Gasteiger partial charge in [0, 0.05) is 10.7 Å². The van der Waals surface area contributed by atoms with Gasteiger partial charge in [0.25, 0.3) is 0 Å². The third-order valence-corrected chi connectivity index (χ3v) is 3.58. The van der Waals surface area contributed by atoms with Gasteiger partial charge < -0.3 is 16.4 Å². The molecule has 0 aliphatic carbocycles. The quantitative estimate of drug-likeness (QED) is 0.753. The molecule has 20 heavy (non-hydrogen) atoms. The van der Waals surface area contributed by atoms with E-state index in [1.165, 1.54) is 0 Å². The summed E-state index contributed by atoms with van der Waals surface area (Å²) in [5.74, 6) is 0.440. The number of halogens is 1. The number of hydrogen-bond acceptors (Lipinski definition) is 3. The Morgan fingerprint density at radius 2 is 2.15 bits per heavy atom. The summed E-state index contributed by atoms with van der Waals surface area (Å²) < 4.78 is 0. The molecule has 4 N–H and O–H groups in total. The first-order valence-electron chi connectivity index (χ1n) is 6.06. The van der Waals surface area contributed by atoms with E-state index >= 15 is 0 Å². The van der Waals surface area contributed by atoms with Crippen LogP contribution in [0.5, 0.6) is 0 Å². The van der Waals surface area contributed by atoms with Crippen LogP contribution in [-0.4, -0.2) is 30.0 Å². The number of urea groups is 1. The minimum atomic E-state index is -0.714. The number of rotatable bonds is 6. The number of hydrogen-bond donors (Lipinski definition) is 3. The van der Waals surface area contributed by atoms with E-state index in [0.29, 0.717) is 17.1 Å². The first-order valence-corrected chi connectivity index (χ1v) is 7.83. The molecule has 0 saturated heterocycles. The van der Waals surface area contributed by atoms with Crippen LogP contribution in [0.2, 0.25) is 5.02 Å². The van der Waals surface area contributed by atoms with Crippen molar-refractivity contribution in [3.63, 3.8) is 0 Å². The van der Waals surface area contributed by atoms with Crippen LogP contribution in [0.1, 0.15) is 12.0 Å². The van der Waals surface area contributed by atoms with Crippen molar-refractivity contribution in [1.29, 1.82) is 0 Å². The van der Waals surface area contributed by atoms with Crippen LogP contribution in [-0.2, 0) is 4.79 Å². The fourth-order valence-electron chi connectivity index (χ4n) is 1.62. The van der Waals surface area contributed by atoms with Gasteiger partial charge in [-0.3, -0.25) is 4.79 Å². The van der Waals surface area contributed by atoms with Crippen molar-refractivity contribution in [2.24, 2.45) is 5.73 Å². The van der Waals surface area contributed by atoms with Crippen LogP contribution in [0.3, 0.4) is 0 Å². The Bertz CT molecular complexity index is 497. The molecule has 0 bridgehead atoms. The largest absolute Gasteiger partial charge is 0.352 e. The maximum Gasteiger partial charge on any atom is 0.312 e. The molecule has 1 rings (SSSR count).